The van der Waals surface area contributed by atoms with Gasteiger partial charge in [0, 0.05) is 6.42 Å². The third kappa shape index (κ3) is 4.03. The zero-order valence-corrected chi connectivity index (χ0v) is 10.2. The predicted octanol–water partition coefficient (Wildman–Crippen LogP) is 2.78. The number of rotatable bonds is 4. The molecule has 3 heteroatoms. The molecule has 1 unspecified atom stereocenters. The van der Waals surface area contributed by atoms with Crippen molar-refractivity contribution in [2.75, 3.05) is 0 Å². The van der Waals surface area contributed by atoms with Crippen molar-refractivity contribution >= 4 is 13.8 Å². The van der Waals surface area contributed by atoms with E-state index in [1.807, 2.05) is 48.5 Å². The third-order valence-electron chi connectivity index (χ3n) is 2.26. The first-order chi connectivity index (χ1) is 8.34. The van der Waals surface area contributed by atoms with E-state index in [4.69, 9.17) is 4.52 Å². The second-order valence-electron chi connectivity index (χ2n) is 3.56. The van der Waals surface area contributed by atoms with Crippen molar-refractivity contribution in [3.05, 3.63) is 66.2 Å². The highest BCUT2D eigenvalue weighted by molar-refractivity contribution is 7.45. The van der Waals surface area contributed by atoms with E-state index >= 15 is 0 Å². The van der Waals surface area contributed by atoms with E-state index in [0.717, 1.165) is 5.56 Å². The SMILES string of the molecule is [O-][P+](=CCc1ccccc1)Oc1ccccc1. The maximum atomic E-state index is 11.7. The van der Waals surface area contributed by atoms with Crippen LogP contribution in [0.25, 0.3) is 0 Å². The van der Waals surface area contributed by atoms with Gasteiger partial charge in [-0.15, -0.1) is 0 Å². The average Bonchev–Trinajstić information content (AvgIpc) is 2.39. The molecule has 0 heterocycles. The Balaban J connectivity index is 1.94. The summed E-state index contributed by atoms with van der Waals surface area (Å²) in [6.45, 7) is 0. The van der Waals surface area contributed by atoms with Crippen molar-refractivity contribution in [1.29, 1.82) is 0 Å². The van der Waals surface area contributed by atoms with Gasteiger partial charge in [-0.25, -0.2) is 0 Å². The molecule has 1 atom stereocenters. The van der Waals surface area contributed by atoms with Crippen LogP contribution in [0.3, 0.4) is 0 Å². The van der Waals surface area contributed by atoms with Crippen LogP contribution in [-0.2, 0) is 6.42 Å². The fraction of sp³-hybridized carbons (Fsp3) is 0.0714. The van der Waals surface area contributed by atoms with Crippen LogP contribution in [0.15, 0.2) is 60.7 Å². The van der Waals surface area contributed by atoms with Gasteiger partial charge in [0.1, 0.15) is 5.80 Å². The van der Waals surface area contributed by atoms with E-state index < -0.39 is 8.00 Å². The Kier molecular flexibility index (Phi) is 4.31. The van der Waals surface area contributed by atoms with Gasteiger partial charge in [0.15, 0.2) is 5.75 Å². The number of para-hydroxylation sites is 1. The van der Waals surface area contributed by atoms with Crippen molar-refractivity contribution in [3.8, 4) is 5.75 Å². The molecule has 2 rings (SSSR count). The molecule has 0 aliphatic rings. The van der Waals surface area contributed by atoms with Gasteiger partial charge in [-0.3, -0.25) is 4.52 Å². The van der Waals surface area contributed by atoms with Crippen LogP contribution in [0.4, 0.5) is 0 Å². The molecule has 0 aliphatic carbocycles. The van der Waals surface area contributed by atoms with Crippen LogP contribution < -0.4 is 9.42 Å². The number of benzene rings is 2. The largest absolute Gasteiger partial charge is 0.595 e. The van der Waals surface area contributed by atoms with E-state index in [-0.39, 0.29) is 0 Å². The summed E-state index contributed by atoms with van der Waals surface area (Å²) in [5.74, 6) is 2.33. The van der Waals surface area contributed by atoms with Crippen LogP contribution >= 0.6 is 8.00 Å². The fourth-order valence-electron chi connectivity index (χ4n) is 1.42. The van der Waals surface area contributed by atoms with Crippen molar-refractivity contribution in [3.63, 3.8) is 0 Å². The summed E-state index contributed by atoms with van der Waals surface area (Å²) in [6.07, 6.45) is 0.656. The Morgan fingerprint density at radius 2 is 1.53 bits per heavy atom. The van der Waals surface area contributed by atoms with Crippen LogP contribution in [0.1, 0.15) is 5.56 Å². The summed E-state index contributed by atoms with van der Waals surface area (Å²) in [5, 5.41) is 0. The standard InChI is InChI=1S/C14H13O2P/c15-17(16-14-9-5-2-6-10-14)12-11-13-7-3-1-4-8-13/h1-10,12H,11H2. The molecule has 2 nitrogen and oxygen atoms in total. The van der Waals surface area contributed by atoms with Crippen LogP contribution in [0.5, 0.6) is 5.75 Å². The number of hydrogen-bond donors (Lipinski definition) is 0. The smallest absolute Gasteiger partial charge is 0.273 e. The molecule has 0 radical (unpaired) electrons. The van der Waals surface area contributed by atoms with Gasteiger partial charge in [0.2, 0.25) is 0 Å². The van der Waals surface area contributed by atoms with Gasteiger partial charge in [-0.1, -0.05) is 48.5 Å². The summed E-state index contributed by atoms with van der Waals surface area (Å²) < 4.78 is 5.29. The molecule has 0 saturated heterocycles. The van der Waals surface area contributed by atoms with E-state index in [9.17, 15) is 4.89 Å². The van der Waals surface area contributed by atoms with E-state index in [2.05, 4.69) is 0 Å². The fourth-order valence-corrected chi connectivity index (χ4v) is 2.18. The minimum absolute atomic E-state index is 0.637. The second-order valence-corrected chi connectivity index (χ2v) is 4.68. The van der Waals surface area contributed by atoms with Gasteiger partial charge in [-0.2, -0.15) is 0 Å². The first-order valence-electron chi connectivity index (χ1n) is 5.41. The summed E-state index contributed by atoms with van der Waals surface area (Å²) >= 11 is 0. The molecule has 0 fully saturated rings. The Labute approximate surface area is 102 Å². The van der Waals surface area contributed by atoms with Gasteiger partial charge < -0.3 is 4.89 Å². The summed E-state index contributed by atoms with van der Waals surface area (Å²) in [7, 11) is -1.76. The molecule has 86 valence electrons. The molecule has 0 aromatic heterocycles. The maximum absolute atomic E-state index is 11.7. The third-order valence-corrected chi connectivity index (χ3v) is 3.13. The molecule has 0 saturated carbocycles. The zero-order valence-electron chi connectivity index (χ0n) is 9.32. The maximum Gasteiger partial charge on any atom is 0.273 e. The predicted molar refractivity (Wildman–Crippen MR) is 70.2 cm³/mol. The Morgan fingerprint density at radius 3 is 2.18 bits per heavy atom. The van der Waals surface area contributed by atoms with E-state index in [1.165, 1.54) is 0 Å². The van der Waals surface area contributed by atoms with Crippen molar-refractivity contribution in [2.24, 2.45) is 0 Å². The van der Waals surface area contributed by atoms with Crippen LogP contribution in [-0.4, -0.2) is 5.80 Å². The molecule has 0 aliphatic heterocycles. The highest BCUT2D eigenvalue weighted by atomic mass is 31.1. The monoisotopic (exact) mass is 244 g/mol. The van der Waals surface area contributed by atoms with Gasteiger partial charge in [0.25, 0.3) is 8.00 Å². The minimum atomic E-state index is -1.76. The second kappa shape index (κ2) is 6.19. The van der Waals surface area contributed by atoms with Crippen molar-refractivity contribution in [1.82, 2.24) is 0 Å². The average molecular weight is 244 g/mol. The molecule has 0 N–H and O–H groups in total. The zero-order chi connectivity index (χ0) is 11.9. The van der Waals surface area contributed by atoms with Crippen molar-refractivity contribution < 1.29 is 9.42 Å². The lowest BCUT2D eigenvalue weighted by molar-refractivity contribution is -0.165. The molecule has 2 aromatic rings. The van der Waals surface area contributed by atoms with Gasteiger partial charge >= 0.3 is 0 Å². The van der Waals surface area contributed by atoms with Crippen molar-refractivity contribution in [2.45, 2.75) is 6.42 Å². The highest BCUT2D eigenvalue weighted by Gasteiger charge is 2.00. The highest BCUT2D eigenvalue weighted by Crippen LogP contribution is 2.20. The Bertz CT molecular complexity index is 480. The summed E-state index contributed by atoms with van der Waals surface area (Å²) in [6, 6.07) is 19.1. The molecule has 0 spiro atoms. The lowest BCUT2D eigenvalue weighted by atomic mass is 10.2. The first kappa shape index (κ1) is 11.8. The Morgan fingerprint density at radius 1 is 0.941 bits per heavy atom. The molecule has 0 bridgehead atoms. The molecular formula is C14H13O2P. The lowest BCUT2D eigenvalue weighted by Crippen LogP contribution is -1.98. The number of hydrogen-bond acceptors (Lipinski definition) is 2. The molecular weight excluding hydrogens is 231 g/mol. The topological polar surface area (TPSA) is 32.3 Å². The van der Waals surface area contributed by atoms with Crippen LogP contribution in [0.2, 0.25) is 0 Å². The quantitative estimate of drug-likeness (QED) is 0.774. The molecule has 0 amide bonds. The molecule has 2 aromatic carbocycles. The van der Waals surface area contributed by atoms with Gasteiger partial charge in [-0.05, 0) is 17.7 Å². The first-order valence-corrected chi connectivity index (χ1v) is 6.66. The normalized spacial score (nSPS) is 11.2. The van der Waals surface area contributed by atoms with E-state index in [1.54, 1.807) is 17.9 Å². The lowest BCUT2D eigenvalue weighted by Gasteiger charge is -1.99. The minimum Gasteiger partial charge on any atom is -0.595 e. The Hall–Kier alpha value is -1.63. The molecule has 17 heavy (non-hydrogen) atoms. The van der Waals surface area contributed by atoms with Crippen LogP contribution in [0, 0.1) is 0 Å². The summed E-state index contributed by atoms with van der Waals surface area (Å²) in [5.41, 5.74) is 1.13. The van der Waals surface area contributed by atoms with E-state index in [0.29, 0.717) is 12.2 Å². The summed E-state index contributed by atoms with van der Waals surface area (Å²) in [4.78, 5) is 11.7. The van der Waals surface area contributed by atoms with Gasteiger partial charge in [0.05, 0.1) is 0 Å².